The second-order valence-electron chi connectivity index (χ2n) is 5.06. The van der Waals surface area contributed by atoms with Crippen molar-refractivity contribution in [1.82, 2.24) is 0 Å². The fourth-order valence-electron chi connectivity index (χ4n) is 2.66. The zero-order valence-corrected chi connectivity index (χ0v) is 11.7. The molecule has 2 aromatic rings. The summed E-state index contributed by atoms with van der Waals surface area (Å²) in [6.45, 7) is 0.449. The molecule has 0 spiro atoms. The molecule has 0 atom stereocenters. The lowest BCUT2D eigenvalue weighted by atomic mass is 10.1. The minimum absolute atomic E-state index is 0.449. The molecule has 3 rings (SSSR count). The Morgan fingerprint density at radius 3 is 2.60 bits per heavy atom. The summed E-state index contributed by atoms with van der Waals surface area (Å²) >= 11 is 0. The van der Waals surface area contributed by atoms with Crippen molar-refractivity contribution in [2.45, 2.75) is 25.8 Å². The van der Waals surface area contributed by atoms with Gasteiger partial charge in [-0.2, -0.15) is 0 Å². The molecule has 20 heavy (non-hydrogen) atoms. The van der Waals surface area contributed by atoms with E-state index >= 15 is 0 Å². The van der Waals surface area contributed by atoms with Crippen LogP contribution in [0.1, 0.15) is 23.1 Å². The summed E-state index contributed by atoms with van der Waals surface area (Å²) in [6, 6.07) is 12.1. The van der Waals surface area contributed by atoms with Crippen molar-refractivity contribution in [3.8, 4) is 17.2 Å². The molecule has 0 fully saturated rings. The summed E-state index contributed by atoms with van der Waals surface area (Å²) in [7, 11) is 1.65. The maximum absolute atomic E-state index is 6.01. The summed E-state index contributed by atoms with van der Waals surface area (Å²) in [5.74, 6) is 2.41. The van der Waals surface area contributed by atoms with Crippen LogP contribution in [0, 0.1) is 0 Å². The van der Waals surface area contributed by atoms with Crippen LogP contribution in [0.3, 0.4) is 0 Å². The molecular weight excluding hydrogens is 250 g/mol. The first-order valence-electron chi connectivity index (χ1n) is 6.97. The number of aryl methyl sites for hydroxylation is 2. The molecule has 1 aliphatic carbocycles. The van der Waals surface area contributed by atoms with Crippen molar-refractivity contribution in [2.75, 3.05) is 7.11 Å². The van der Waals surface area contributed by atoms with Crippen LogP contribution in [0.15, 0.2) is 36.4 Å². The SMILES string of the molecule is COc1ccc(CN)c(Oc2ccc3c(c2)CCC3)c1. The Morgan fingerprint density at radius 2 is 1.80 bits per heavy atom. The third kappa shape index (κ3) is 2.49. The van der Waals surface area contributed by atoms with Crippen LogP contribution in [0.2, 0.25) is 0 Å². The quantitative estimate of drug-likeness (QED) is 0.924. The highest BCUT2D eigenvalue weighted by Gasteiger charge is 2.12. The van der Waals surface area contributed by atoms with E-state index in [1.165, 1.54) is 24.0 Å². The topological polar surface area (TPSA) is 44.5 Å². The predicted molar refractivity (Wildman–Crippen MR) is 79.4 cm³/mol. The van der Waals surface area contributed by atoms with Gasteiger partial charge in [0.05, 0.1) is 7.11 Å². The number of benzene rings is 2. The zero-order chi connectivity index (χ0) is 13.9. The lowest BCUT2D eigenvalue weighted by molar-refractivity contribution is 0.408. The first-order chi connectivity index (χ1) is 9.80. The number of fused-ring (bicyclic) bond motifs is 1. The van der Waals surface area contributed by atoms with E-state index in [9.17, 15) is 0 Å². The van der Waals surface area contributed by atoms with Gasteiger partial charge in [0.2, 0.25) is 0 Å². The van der Waals surface area contributed by atoms with Crippen LogP contribution in [0.4, 0.5) is 0 Å². The summed E-state index contributed by atoms with van der Waals surface area (Å²) in [4.78, 5) is 0. The molecule has 1 aliphatic rings. The highest BCUT2D eigenvalue weighted by Crippen LogP contribution is 2.32. The average Bonchev–Trinajstić information content (AvgIpc) is 2.94. The number of ether oxygens (including phenoxy) is 2. The van der Waals surface area contributed by atoms with Crippen LogP contribution in [-0.2, 0) is 19.4 Å². The molecule has 0 heterocycles. The van der Waals surface area contributed by atoms with E-state index < -0.39 is 0 Å². The maximum atomic E-state index is 6.01. The number of nitrogens with two attached hydrogens (primary N) is 1. The summed E-state index contributed by atoms with van der Waals surface area (Å²) in [5, 5.41) is 0. The van der Waals surface area contributed by atoms with Crippen LogP contribution in [0.25, 0.3) is 0 Å². The van der Waals surface area contributed by atoms with Crippen LogP contribution in [-0.4, -0.2) is 7.11 Å². The van der Waals surface area contributed by atoms with Crippen molar-refractivity contribution in [1.29, 1.82) is 0 Å². The standard InChI is InChI=1S/C17H19NO2/c1-19-15-7-6-14(11-18)17(10-15)20-16-8-5-12-3-2-4-13(12)9-16/h5-10H,2-4,11,18H2,1H3. The number of rotatable bonds is 4. The van der Waals surface area contributed by atoms with Crippen molar-refractivity contribution in [3.05, 3.63) is 53.1 Å². The Hall–Kier alpha value is -2.00. The Labute approximate surface area is 119 Å². The highest BCUT2D eigenvalue weighted by atomic mass is 16.5. The molecule has 0 saturated heterocycles. The van der Waals surface area contributed by atoms with Gasteiger partial charge in [-0.25, -0.2) is 0 Å². The minimum Gasteiger partial charge on any atom is -0.497 e. The molecule has 104 valence electrons. The molecule has 3 nitrogen and oxygen atoms in total. The number of hydrogen-bond donors (Lipinski definition) is 1. The largest absolute Gasteiger partial charge is 0.497 e. The second kappa shape index (κ2) is 5.55. The predicted octanol–water partition coefficient (Wildman–Crippen LogP) is 3.43. The normalized spacial score (nSPS) is 13.1. The molecule has 0 aromatic heterocycles. The van der Waals surface area contributed by atoms with E-state index in [2.05, 4.69) is 12.1 Å². The summed E-state index contributed by atoms with van der Waals surface area (Å²) in [6.07, 6.45) is 3.57. The van der Waals surface area contributed by atoms with Gasteiger partial charge in [0.25, 0.3) is 0 Å². The Bertz CT molecular complexity index is 622. The van der Waals surface area contributed by atoms with Crippen LogP contribution >= 0.6 is 0 Å². The van der Waals surface area contributed by atoms with Gasteiger partial charge in [-0.3, -0.25) is 0 Å². The fraction of sp³-hybridized carbons (Fsp3) is 0.294. The lowest BCUT2D eigenvalue weighted by Gasteiger charge is -2.12. The van der Waals surface area contributed by atoms with E-state index in [1.54, 1.807) is 7.11 Å². The van der Waals surface area contributed by atoms with E-state index in [0.717, 1.165) is 29.2 Å². The number of methoxy groups -OCH3 is 1. The maximum Gasteiger partial charge on any atom is 0.135 e. The van der Waals surface area contributed by atoms with Crippen LogP contribution in [0.5, 0.6) is 17.2 Å². The van der Waals surface area contributed by atoms with Crippen molar-refractivity contribution >= 4 is 0 Å². The van der Waals surface area contributed by atoms with Gasteiger partial charge in [-0.05, 0) is 48.6 Å². The van der Waals surface area contributed by atoms with Gasteiger partial charge < -0.3 is 15.2 Å². The van der Waals surface area contributed by atoms with E-state index in [-0.39, 0.29) is 0 Å². The number of hydrogen-bond acceptors (Lipinski definition) is 3. The average molecular weight is 269 g/mol. The molecule has 3 heteroatoms. The van der Waals surface area contributed by atoms with Gasteiger partial charge in [0, 0.05) is 18.2 Å². The van der Waals surface area contributed by atoms with Crippen molar-refractivity contribution < 1.29 is 9.47 Å². The Morgan fingerprint density at radius 1 is 1.00 bits per heavy atom. The molecule has 0 radical (unpaired) electrons. The Kier molecular flexibility index (Phi) is 3.61. The molecule has 0 aliphatic heterocycles. The molecule has 0 saturated carbocycles. The monoisotopic (exact) mass is 269 g/mol. The third-order valence-corrected chi connectivity index (χ3v) is 3.79. The molecular formula is C17H19NO2. The second-order valence-corrected chi connectivity index (χ2v) is 5.06. The minimum atomic E-state index is 0.449. The fourth-order valence-corrected chi connectivity index (χ4v) is 2.66. The van der Waals surface area contributed by atoms with E-state index in [1.807, 2.05) is 24.3 Å². The van der Waals surface area contributed by atoms with Crippen molar-refractivity contribution in [2.24, 2.45) is 5.73 Å². The first-order valence-corrected chi connectivity index (χ1v) is 6.97. The summed E-state index contributed by atoms with van der Waals surface area (Å²) in [5.41, 5.74) is 9.59. The molecule has 2 N–H and O–H groups in total. The molecule has 0 unspecified atom stereocenters. The molecule has 0 bridgehead atoms. The lowest BCUT2D eigenvalue weighted by Crippen LogP contribution is -2.00. The van der Waals surface area contributed by atoms with Gasteiger partial charge in [0.15, 0.2) is 0 Å². The van der Waals surface area contributed by atoms with E-state index in [4.69, 9.17) is 15.2 Å². The smallest absolute Gasteiger partial charge is 0.135 e. The first kappa shape index (κ1) is 13.0. The third-order valence-electron chi connectivity index (χ3n) is 3.79. The molecule has 2 aromatic carbocycles. The van der Waals surface area contributed by atoms with Crippen molar-refractivity contribution in [3.63, 3.8) is 0 Å². The van der Waals surface area contributed by atoms with Gasteiger partial charge in [0.1, 0.15) is 17.2 Å². The van der Waals surface area contributed by atoms with Gasteiger partial charge >= 0.3 is 0 Å². The van der Waals surface area contributed by atoms with Gasteiger partial charge in [-0.1, -0.05) is 12.1 Å². The highest BCUT2D eigenvalue weighted by molar-refractivity contribution is 5.45. The van der Waals surface area contributed by atoms with E-state index in [0.29, 0.717) is 6.54 Å². The summed E-state index contributed by atoms with van der Waals surface area (Å²) < 4.78 is 11.3. The van der Waals surface area contributed by atoms with Crippen LogP contribution < -0.4 is 15.2 Å². The zero-order valence-electron chi connectivity index (χ0n) is 11.7. The van der Waals surface area contributed by atoms with Gasteiger partial charge in [-0.15, -0.1) is 0 Å². The molecule has 0 amide bonds. The Balaban J connectivity index is 1.90.